The molecule has 0 aliphatic rings. The van der Waals surface area contributed by atoms with Crippen molar-refractivity contribution in [2.24, 2.45) is 0 Å². The van der Waals surface area contributed by atoms with Gasteiger partial charge in [0.15, 0.2) is 0 Å². The Morgan fingerprint density at radius 3 is 2.40 bits per heavy atom. The van der Waals surface area contributed by atoms with Gasteiger partial charge in [-0.1, -0.05) is 18.2 Å². The fourth-order valence-corrected chi connectivity index (χ4v) is 1.36. The average Bonchev–Trinajstić information content (AvgIpc) is 2.71. The Morgan fingerprint density at radius 1 is 1.07 bits per heavy atom. The Morgan fingerprint density at radius 2 is 1.73 bits per heavy atom. The molecule has 3 nitrogen and oxygen atoms in total. The Balaban J connectivity index is 1.94. The van der Waals surface area contributed by atoms with Crippen LogP contribution in [0.1, 0.15) is 0 Å². The molecule has 0 radical (unpaired) electrons. The maximum Gasteiger partial charge on any atom is 0.244 e. The van der Waals surface area contributed by atoms with Crippen molar-refractivity contribution in [3.05, 3.63) is 54.9 Å². The van der Waals surface area contributed by atoms with Crippen molar-refractivity contribution in [2.75, 3.05) is 5.32 Å². The van der Waals surface area contributed by atoms with E-state index >= 15 is 0 Å². The molecule has 1 N–H and O–H groups in total. The van der Waals surface area contributed by atoms with E-state index in [1.165, 1.54) is 0 Å². The molecule has 0 atom stereocenters. The van der Waals surface area contributed by atoms with Crippen LogP contribution in [0, 0.1) is 0 Å². The highest BCUT2D eigenvalue weighted by molar-refractivity contribution is 5.90. The van der Waals surface area contributed by atoms with Crippen molar-refractivity contribution in [1.82, 2.24) is 4.57 Å². The minimum Gasteiger partial charge on any atom is -0.345 e. The monoisotopic (exact) mass is 200 g/mol. The van der Waals surface area contributed by atoms with E-state index < -0.39 is 0 Å². The Hall–Kier alpha value is -2.03. The summed E-state index contributed by atoms with van der Waals surface area (Å²) in [5.41, 5.74) is 0.828. The van der Waals surface area contributed by atoms with Gasteiger partial charge in [0.1, 0.15) is 6.54 Å². The first-order valence-electron chi connectivity index (χ1n) is 4.80. The van der Waals surface area contributed by atoms with Crippen LogP contribution in [0.25, 0.3) is 0 Å². The zero-order valence-electron chi connectivity index (χ0n) is 8.26. The maximum atomic E-state index is 11.5. The van der Waals surface area contributed by atoms with Crippen LogP contribution >= 0.6 is 0 Å². The number of nitrogens with zero attached hydrogens (tertiary/aromatic N) is 1. The molecule has 0 unspecified atom stereocenters. The van der Waals surface area contributed by atoms with Gasteiger partial charge in [0, 0.05) is 18.1 Å². The van der Waals surface area contributed by atoms with Gasteiger partial charge in [0.25, 0.3) is 0 Å². The van der Waals surface area contributed by atoms with Crippen LogP contribution < -0.4 is 5.32 Å². The lowest BCUT2D eigenvalue weighted by Gasteiger charge is -2.05. The van der Waals surface area contributed by atoms with Gasteiger partial charge < -0.3 is 9.88 Å². The molecule has 0 fully saturated rings. The van der Waals surface area contributed by atoms with Gasteiger partial charge in [-0.3, -0.25) is 4.79 Å². The Labute approximate surface area is 88.3 Å². The molecule has 2 aromatic rings. The second kappa shape index (κ2) is 4.46. The molecule has 76 valence electrons. The third kappa shape index (κ3) is 2.71. The normalized spacial score (nSPS) is 9.87. The molecule has 15 heavy (non-hydrogen) atoms. The van der Waals surface area contributed by atoms with Gasteiger partial charge in [-0.05, 0) is 24.3 Å². The number of hydrogen-bond acceptors (Lipinski definition) is 1. The summed E-state index contributed by atoms with van der Waals surface area (Å²) < 4.78 is 1.83. The first kappa shape index (κ1) is 9.52. The lowest BCUT2D eigenvalue weighted by molar-refractivity contribution is -0.116. The van der Waals surface area contributed by atoms with E-state index in [0.717, 1.165) is 5.69 Å². The fraction of sp³-hybridized carbons (Fsp3) is 0.0833. The molecule has 0 saturated heterocycles. The highest BCUT2D eigenvalue weighted by atomic mass is 16.1. The molecule has 0 bridgehead atoms. The number of para-hydroxylation sites is 1. The summed E-state index contributed by atoms with van der Waals surface area (Å²) in [5, 5.41) is 2.82. The number of amides is 1. The number of benzene rings is 1. The lowest BCUT2D eigenvalue weighted by atomic mass is 10.3. The fourth-order valence-electron chi connectivity index (χ4n) is 1.36. The van der Waals surface area contributed by atoms with Crippen LogP contribution in [0.15, 0.2) is 54.9 Å². The smallest absolute Gasteiger partial charge is 0.244 e. The average molecular weight is 200 g/mol. The minimum atomic E-state index is -0.0163. The second-order valence-corrected chi connectivity index (χ2v) is 3.27. The van der Waals surface area contributed by atoms with Gasteiger partial charge in [-0.25, -0.2) is 0 Å². The van der Waals surface area contributed by atoms with E-state index in [2.05, 4.69) is 5.32 Å². The molecule has 1 aromatic heterocycles. The standard InChI is InChI=1S/C12H12N2O/c15-12(10-14-8-4-5-9-14)13-11-6-2-1-3-7-11/h1-9H,10H2,(H,13,15). The Bertz CT molecular complexity index is 420. The summed E-state index contributed by atoms with van der Waals surface area (Å²) in [6.07, 6.45) is 3.73. The third-order valence-corrected chi connectivity index (χ3v) is 2.05. The molecule has 0 saturated carbocycles. The van der Waals surface area contributed by atoms with Gasteiger partial charge in [-0.15, -0.1) is 0 Å². The minimum absolute atomic E-state index is 0.0163. The van der Waals surface area contributed by atoms with Crippen molar-refractivity contribution in [1.29, 1.82) is 0 Å². The first-order chi connectivity index (χ1) is 7.34. The Kier molecular flexibility index (Phi) is 2.83. The van der Waals surface area contributed by atoms with Crippen LogP contribution in [-0.4, -0.2) is 10.5 Å². The molecule has 3 heteroatoms. The molecule has 0 spiro atoms. The topological polar surface area (TPSA) is 34.0 Å². The summed E-state index contributed by atoms with van der Waals surface area (Å²) in [6.45, 7) is 0.349. The van der Waals surface area contributed by atoms with E-state index in [0.29, 0.717) is 6.54 Å². The molecule has 0 aliphatic heterocycles. The second-order valence-electron chi connectivity index (χ2n) is 3.27. The quantitative estimate of drug-likeness (QED) is 0.809. The summed E-state index contributed by atoms with van der Waals surface area (Å²) in [7, 11) is 0. The van der Waals surface area contributed by atoms with Gasteiger partial charge in [0.05, 0.1) is 0 Å². The van der Waals surface area contributed by atoms with Gasteiger partial charge in [0.2, 0.25) is 5.91 Å². The van der Waals surface area contributed by atoms with Crippen molar-refractivity contribution < 1.29 is 4.79 Å². The lowest BCUT2D eigenvalue weighted by Crippen LogP contribution is -2.17. The van der Waals surface area contributed by atoms with E-state index in [4.69, 9.17) is 0 Å². The summed E-state index contributed by atoms with van der Waals surface area (Å²) >= 11 is 0. The van der Waals surface area contributed by atoms with Gasteiger partial charge >= 0.3 is 0 Å². The molecule has 1 heterocycles. The first-order valence-corrected chi connectivity index (χ1v) is 4.80. The summed E-state index contributed by atoms with van der Waals surface area (Å²) in [4.78, 5) is 11.5. The van der Waals surface area contributed by atoms with Crippen LogP contribution in [-0.2, 0) is 11.3 Å². The van der Waals surface area contributed by atoms with Gasteiger partial charge in [-0.2, -0.15) is 0 Å². The number of carbonyl (C=O) groups excluding carboxylic acids is 1. The number of anilines is 1. The van der Waals surface area contributed by atoms with Crippen molar-refractivity contribution >= 4 is 11.6 Å². The SMILES string of the molecule is O=C(Cn1cccc1)Nc1ccccc1. The number of hydrogen-bond donors (Lipinski definition) is 1. The highest BCUT2D eigenvalue weighted by Crippen LogP contribution is 2.04. The number of rotatable bonds is 3. The third-order valence-electron chi connectivity index (χ3n) is 2.05. The van der Waals surface area contributed by atoms with E-state index in [9.17, 15) is 4.79 Å². The van der Waals surface area contributed by atoms with E-state index in [1.54, 1.807) is 0 Å². The largest absolute Gasteiger partial charge is 0.345 e. The van der Waals surface area contributed by atoms with Crippen LogP contribution in [0.5, 0.6) is 0 Å². The molecular weight excluding hydrogens is 188 g/mol. The maximum absolute atomic E-state index is 11.5. The van der Waals surface area contributed by atoms with E-state index in [1.807, 2.05) is 59.4 Å². The van der Waals surface area contributed by atoms with Crippen molar-refractivity contribution in [3.8, 4) is 0 Å². The predicted molar refractivity (Wildman–Crippen MR) is 59.5 cm³/mol. The number of carbonyl (C=O) groups is 1. The van der Waals surface area contributed by atoms with E-state index in [-0.39, 0.29) is 5.91 Å². The predicted octanol–water partition coefficient (Wildman–Crippen LogP) is 2.13. The van der Waals surface area contributed by atoms with Crippen molar-refractivity contribution in [2.45, 2.75) is 6.54 Å². The molecule has 1 amide bonds. The highest BCUT2D eigenvalue weighted by Gasteiger charge is 2.01. The van der Waals surface area contributed by atoms with Crippen molar-refractivity contribution in [3.63, 3.8) is 0 Å². The van der Waals surface area contributed by atoms with Crippen LogP contribution in [0.4, 0.5) is 5.69 Å². The zero-order chi connectivity index (χ0) is 10.5. The van der Waals surface area contributed by atoms with Crippen LogP contribution in [0.3, 0.4) is 0 Å². The molecule has 1 aromatic carbocycles. The number of aromatic nitrogens is 1. The summed E-state index contributed by atoms with van der Waals surface area (Å²) in [6, 6.07) is 13.2. The molecular formula is C12H12N2O. The molecule has 0 aliphatic carbocycles. The summed E-state index contributed by atoms with van der Waals surface area (Å²) in [5.74, 6) is -0.0163. The zero-order valence-corrected chi connectivity index (χ0v) is 8.26. The van der Waals surface area contributed by atoms with Crippen LogP contribution in [0.2, 0.25) is 0 Å². The number of nitrogens with one attached hydrogen (secondary N) is 1. The molecule has 2 rings (SSSR count).